The number of methoxy groups -OCH3 is 1. The number of ether oxygens (including phenoxy) is 2. The molecule has 150 valence electrons. The highest BCUT2D eigenvalue weighted by Gasteiger charge is 2.43. The van der Waals surface area contributed by atoms with Gasteiger partial charge in [-0.3, -0.25) is 9.79 Å². The fourth-order valence-corrected chi connectivity index (χ4v) is 4.02. The third-order valence-corrected chi connectivity index (χ3v) is 5.42. The largest absolute Gasteiger partial charge is 0.460 e. The first kappa shape index (κ1) is 20.3. The summed E-state index contributed by atoms with van der Waals surface area (Å²) in [6.07, 6.45) is 2.15. The highest BCUT2D eigenvalue weighted by molar-refractivity contribution is 6.11. The lowest BCUT2D eigenvalue weighted by molar-refractivity contribution is -0.140. The third kappa shape index (κ3) is 4.02. The van der Waals surface area contributed by atoms with E-state index in [0.29, 0.717) is 24.3 Å². The van der Waals surface area contributed by atoms with E-state index in [1.54, 1.807) is 7.11 Å². The molecular formula is C22H28N2O4. The number of benzene rings is 1. The quantitative estimate of drug-likeness (QED) is 0.557. The van der Waals surface area contributed by atoms with Gasteiger partial charge in [0.05, 0.1) is 18.1 Å². The van der Waals surface area contributed by atoms with Gasteiger partial charge in [-0.25, -0.2) is 4.79 Å². The Labute approximate surface area is 166 Å². The highest BCUT2D eigenvalue weighted by Crippen LogP contribution is 2.43. The zero-order chi connectivity index (χ0) is 20.3. The molecule has 1 heterocycles. The van der Waals surface area contributed by atoms with Crippen molar-refractivity contribution < 1.29 is 19.1 Å². The van der Waals surface area contributed by atoms with Gasteiger partial charge in [-0.05, 0) is 37.5 Å². The molecule has 1 aliphatic heterocycles. The van der Waals surface area contributed by atoms with Gasteiger partial charge in [0, 0.05) is 50.6 Å². The number of carbonyl (C=O) groups is 2. The van der Waals surface area contributed by atoms with Crippen LogP contribution >= 0.6 is 0 Å². The maximum absolute atomic E-state index is 12.9. The molecule has 0 spiro atoms. The van der Waals surface area contributed by atoms with Crippen LogP contribution in [-0.2, 0) is 19.1 Å². The minimum absolute atomic E-state index is 0.154. The standard InChI is InChI=1S/C22H28N2O4/c1-14-19(22(26)28-13-12-27-4)20(15-8-10-16(11-9-15)24(2)3)21-17(23-14)6-5-7-18(21)25/h8-11,20-21H,5-7,12-13H2,1-4H3. The Morgan fingerprint density at radius 2 is 1.86 bits per heavy atom. The molecule has 1 aliphatic carbocycles. The summed E-state index contributed by atoms with van der Waals surface area (Å²) in [5.74, 6) is -1.00. The predicted molar refractivity (Wildman–Crippen MR) is 109 cm³/mol. The van der Waals surface area contributed by atoms with Gasteiger partial charge >= 0.3 is 5.97 Å². The van der Waals surface area contributed by atoms with Crippen LogP contribution in [-0.4, -0.2) is 51.9 Å². The van der Waals surface area contributed by atoms with Crippen LogP contribution in [0.15, 0.2) is 40.5 Å². The minimum Gasteiger partial charge on any atom is -0.460 e. The topological polar surface area (TPSA) is 68.2 Å². The van der Waals surface area contributed by atoms with Crippen molar-refractivity contribution in [1.29, 1.82) is 0 Å². The fourth-order valence-electron chi connectivity index (χ4n) is 4.02. The lowest BCUT2D eigenvalue weighted by Gasteiger charge is -2.35. The Balaban J connectivity index is 2.03. The first-order valence-corrected chi connectivity index (χ1v) is 9.68. The molecule has 2 aliphatic rings. The zero-order valence-corrected chi connectivity index (χ0v) is 17.0. The van der Waals surface area contributed by atoms with Crippen LogP contribution in [0, 0.1) is 5.92 Å². The first-order valence-electron chi connectivity index (χ1n) is 9.68. The molecule has 0 saturated heterocycles. The maximum atomic E-state index is 12.9. The van der Waals surface area contributed by atoms with E-state index in [2.05, 4.69) is 4.99 Å². The van der Waals surface area contributed by atoms with Crippen LogP contribution < -0.4 is 4.90 Å². The molecule has 1 saturated carbocycles. The van der Waals surface area contributed by atoms with E-state index in [0.717, 1.165) is 29.8 Å². The molecule has 1 aromatic rings. The molecule has 1 fully saturated rings. The highest BCUT2D eigenvalue weighted by atomic mass is 16.6. The monoisotopic (exact) mass is 384 g/mol. The van der Waals surface area contributed by atoms with Gasteiger partial charge in [-0.15, -0.1) is 0 Å². The second kappa shape index (κ2) is 8.69. The van der Waals surface area contributed by atoms with Gasteiger partial charge in [0.15, 0.2) is 0 Å². The summed E-state index contributed by atoms with van der Waals surface area (Å²) in [4.78, 5) is 32.4. The molecule has 0 aromatic heterocycles. The van der Waals surface area contributed by atoms with Crippen LogP contribution in [0.1, 0.15) is 37.7 Å². The Morgan fingerprint density at radius 3 is 2.50 bits per heavy atom. The van der Waals surface area contributed by atoms with Gasteiger partial charge in [0.1, 0.15) is 12.4 Å². The van der Waals surface area contributed by atoms with Crippen molar-refractivity contribution in [3.8, 4) is 0 Å². The van der Waals surface area contributed by atoms with Crippen molar-refractivity contribution >= 4 is 23.2 Å². The van der Waals surface area contributed by atoms with Crippen molar-refractivity contribution in [3.05, 3.63) is 41.1 Å². The van der Waals surface area contributed by atoms with Crippen LogP contribution in [0.25, 0.3) is 0 Å². The molecule has 6 heteroatoms. The summed E-state index contributed by atoms with van der Waals surface area (Å²) in [5.41, 5.74) is 4.02. The first-order chi connectivity index (χ1) is 13.4. The van der Waals surface area contributed by atoms with Crippen molar-refractivity contribution in [2.75, 3.05) is 39.3 Å². The van der Waals surface area contributed by atoms with Crippen LogP contribution in [0.4, 0.5) is 5.69 Å². The molecule has 1 aromatic carbocycles. The normalized spacial score (nSPS) is 21.9. The number of ketones is 1. The molecule has 2 atom stereocenters. The van der Waals surface area contributed by atoms with E-state index in [1.165, 1.54) is 0 Å². The zero-order valence-electron chi connectivity index (χ0n) is 17.0. The van der Waals surface area contributed by atoms with Crippen molar-refractivity contribution in [1.82, 2.24) is 0 Å². The molecule has 2 unspecified atom stereocenters. The number of nitrogens with zero attached hydrogens (tertiary/aromatic N) is 2. The van der Waals surface area contributed by atoms with Crippen molar-refractivity contribution in [3.63, 3.8) is 0 Å². The number of hydrogen-bond acceptors (Lipinski definition) is 6. The number of aliphatic imine (C=N–C) groups is 1. The number of anilines is 1. The molecule has 6 nitrogen and oxygen atoms in total. The number of rotatable bonds is 6. The minimum atomic E-state index is -0.419. The third-order valence-electron chi connectivity index (χ3n) is 5.42. The van der Waals surface area contributed by atoms with E-state index >= 15 is 0 Å². The van der Waals surface area contributed by atoms with Gasteiger partial charge in [-0.1, -0.05) is 12.1 Å². The number of fused-ring (bicyclic) bond motifs is 1. The van der Waals surface area contributed by atoms with Crippen molar-refractivity contribution in [2.24, 2.45) is 10.9 Å². The van der Waals surface area contributed by atoms with Gasteiger partial charge in [-0.2, -0.15) is 0 Å². The fraction of sp³-hybridized carbons (Fsp3) is 0.500. The lowest BCUT2D eigenvalue weighted by atomic mass is 9.69. The number of esters is 1. The SMILES string of the molecule is COCCOC(=O)C1=C(C)N=C2CCCC(=O)C2C1c1ccc(N(C)C)cc1. The number of Topliss-reactive ketones (excluding diaryl/α,β-unsaturated/α-hetero) is 1. The molecule has 0 N–H and O–H groups in total. The van der Waals surface area contributed by atoms with E-state index in [4.69, 9.17) is 9.47 Å². The molecule has 0 radical (unpaired) electrons. The van der Waals surface area contributed by atoms with E-state index in [1.807, 2.05) is 50.2 Å². The molecule has 0 amide bonds. The van der Waals surface area contributed by atoms with Crippen LogP contribution in [0.5, 0.6) is 0 Å². The lowest BCUT2D eigenvalue weighted by Crippen LogP contribution is -2.39. The smallest absolute Gasteiger partial charge is 0.336 e. The summed E-state index contributed by atoms with van der Waals surface area (Å²) in [6, 6.07) is 8.02. The van der Waals surface area contributed by atoms with Gasteiger partial charge < -0.3 is 14.4 Å². The van der Waals surface area contributed by atoms with Crippen LogP contribution in [0.2, 0.25) is 0 Å². The summed E-state index contributed by atoms with van der Waals surface area (Å²) in [7, 11) is 5.52. The summed E-state index contributed by atoms with van der Waals surface area (Å²) >= 11 is 0. The van der Waals surface area contributed by atoms with Crippen LogP contribution in [0.3, 0.4) is 0 Å². The van der Waals surface area contributed by atoms with E-state index in [9.17, 15) is 9.59 Å². The van der Waals surface area contributed by atoms with Gasteiger partial charge in [0.2, 0.25) is 0 Å². The summed E-state index contributed by atoms with van der Waals surface area (Å²) in [5, 5.41) is 0. The summed E-state index contributed by atoms with van der Waals surface area (Å²) in [6.45, 7) is 2.33. The number of carbonyl (C=O) groups excluding carboxylic acids is 2. The maximum Gasteiger partial charge on any atom is 0.336 e. The number of allylic oxidation sites excluding steroid dienone is 1. The summed E-state index contributed by atoms with van der Waals surface area (Å²) < 4.78 is 10.4. The second-order valence-corrected chi connectivity index (χ2v) is 7.49. The average Bonchev–Trinajstić information content (AvgIpc) is 2.67. The molecule has 28 heavy (non-hydrogen) atoms. The predicted octanol–water partition coefficient (Wildman–Crippen LogP) is 3.12. The Hall–Kier alpha value is -2.47. The van der Waals surface area contributed by atoms with E-state index in [-0.39, 0.29) is 24.2 Å². The van der Waals surface area contributed by atoms with Crippen molar-refractivity contribution in [2.45, 2.75) is 32.1 Å². The Kier molecular flexibility index (Phi) is 6.29. The Bertz CT molecular complexity index is 808. The Morgan fingerprint density at radius 1 is 1.14 bits per heavy atom. The second-order valence-electron chi connectivity index (χ2n) is 7.49. The van der Waals surface area contributed by atoms with Gasteiger partial charge in [0.25, 0.3) is 0 Å². The average molecular weight is 384 g/mol. The molecule has 0 bridgehead atoms. The van der Waals surface area contributed by atoms with E-state index < -0.39 is 5.97 Å². The number of hydrogen-bond donors (Lipinski definition) is 0. The molecular weight excluding hydrogens is 356 g/mol. The molecule has 3 rings (SSSR count).